The molecule has 10 nitrogen and oxygen atoms in total. The SMILES string of the molecule is NN[C@@H](N)C[C@@](CF)(NC(N)=O)c1cc(NC(=O)c2ccc(Cl)cn2)cnc1F. The second kappa shape index (κ2) is 9.52. The maximum absolute atomic E-state index is 14.5. The Hall–Kier alpha value is -2.93. The Kier molecular flexibility index (Phi) is 7.34. The van der Waals surface area contributed by atoms with E-state index in [1.54, 1.807) is 0 Å². The molecule has 2 aromatic heterocycles. The van der Waals surface area contributed by atoms with Crippen LogP contribution in [0.5, 0.6) is 0 Å². The minimum absolute atomic E-state index is 0.0153. The molecule has 0 aliphatic heterocycles. The number of halogens is 3. The topological polar surface area (TPSA) is 174 Å². The molecule has 2 heterocycles. The normalized spacial score (nSPS) is 14.0. The van der Waals surface area contributed by atoms with Crippen molar-refractivity contribution in [3.63, 3.8) is 0 Å². The summed E-state index contributed by atoms with van der Waals surface area (Å²) >= 11 is 5.73. The van der Waals surface area contributed by atoms with Crippen LogP contribution in [0.3, 0.4) is 0 Å². The molecule has 0 spiro atoms. The summed E-state index contributed by atoms with van der Waals surface area (Å²) in [5.41, 5.74) is 10.7. The van der Waals surface area contributed by atoms with Gasteiger partial charge in [0.05, 0.1) is 23.1 Å². The summed E-state index contributed by atoms with van der Waals surface area (Å²) in [6, 6.07) is 2.83. The molecule has 2 aromatic rings. The molecule has 0 unspecified atom stereocenters. The highest BCUT2D eigenvalue weighted by Gasteiger charge is 2.39. The third kappa shape index (κ3) is 5.54. The van der Waals surface area contributed by atoms with E-state index in [9.17, 15) is 18.4 Å². The monoisotopic (exact) mass is 428 g/mol. The van der Waals surface area contributed by atoms with E-state index < -0.39 is 36.3 Å². The van der Waals surface area contributed by atoms with Gasteiger partial charge in [-0.05, 0) is 18.2 Å². The highest BCUT2D eigenvalue weighted by molar-refractivity contribution is 6.30. The summed E-state index contributed by atoms with van der Waals surface area (Å²) in [7, 11) is 0. The Balaban J connectivity index is 2.40. The molecule has 0 bridgehead atoms. The number of carbonyl (C=O) groups excluding carboxylic acids is 2. The van der Waals surface area contributed by atoms with Crippen LogP contribution < -0.4 is 33.4 Å². The second-order valence-electron chi connectivity index (χ2n) is 6.06. The smallest absolute Gasteiger partial charge is 0.312 e. The Labute approximate surface area is 169 Å². The van der Waals surface area contributed by atoms with Crippen LogP contribution in [0, 0.1) is 5.95 Å². The third-order valence-corrected chi connectivity index (χ3v) is 4.17. The number of hydrogen-bond donors (Lipinski definition) is 6. The molecule has 0 saturated heterocycles. The summed E-state index contributed by atoms with van der Waals surface area (Å²) in [4.78, 5) is 31.1. The van der Waals surface area contributed by atoms with Crippen LogP contribution >= 0.6 is 11.6 Å². The van der Waals surface area contributed by atoms with Gasteiger partial charge in [0.1, 0.15) is 17.9 Å². The zero-order valence-electron chi connectivity index (χ0n) is 15.0. The van der Waals surface area contributed by atoms with Gasteiger partial charge in [0.2, 0.25) is 5.95 Å². The standard InChI is InChI=1S/C16H19ClF2N8O2/c17-8-1-2-11(23-5-8)14(28)25-9-3-10(13(19)24-6-9)16(7-18,26-15(21)29)4-12(20)27-22/h1-3,5-6,12,27H,4,7,20,22H2,(H,25,28)(H3,21,26,29)/t12-,16+/m1/s1. The number of hydrogen-bond acceptors (Lipinski definition) is 7. The zero-order valence-corrected chi connectivity index (χ0v) is 15.7. The summed E-state index contributed by atoms with van der Waals surface area (Å²) in [5.74, 6) is 3.49. The molecule has 0 saturated carbocycles. The number of pyridine rings is 2. The van der Waals surface area contributed by atoms with Crippen molar-refractivity contribution in [3.8, 4) is 0 Å². The average Bonchev–Trinajstić information content (AvgIpc) is 2.68. The van der Waals surface area contributed by atoms with Crippen molar-refractivity contribution in [2.75, 3.05) is 12.0 Å². The Morgan fingerprint density at radius 1 is 1.28 bits per heavy atom. The number of aromatic nitrogens is 2. The largest absolute Gasteiger partial charge is 0.352 e. The van der Waals surface area contributed by atoms with Gasteiger partial charge in [-0.15, -0.1) is 0 Å². The maximum atomic E-state index is 14.5. The van der Waals surface area contributed by atoms with Crippen molar-refractivity contribution in [1.82, 2.24) is 20.7 Å². The van der Waals surface area contributed by atoms with Crippen molar-refractivity contribution in [3.05, 3.63) is 52.8 Å². The first kappa shape index (κ1) is 22.4. The van der Waals surface area contributed by atoms with E-state index >= 15 is 0 Å². The van der Waals surface area contributed by atoms with Gasteiger partial charge in [-0.1, -0.05) is 11.6 Å². The number of primary amides is 1. The fourth-order valence-corrected chi connectivity index (χ4v) is 2.73. The van der Waals surface area contributed by atoms with Gasteiger partial charge in [0.25, 0.3) is 5.91 Å². The highest BCUT2D eigenvalue weighted by Crippen LogP contribution is 2.30. The minimum Gasteiger partial charge on any atom is -0.352 e. The average molecular weight is 429 g/mol. The molecule has 0 aliphatic carbocycles. The first-order valence-electron chi connectivity index (χ1n) is 8.15. The van der Waals surface area contributed by atoms with Crippen molar-refractivity contribution in [1.29, 1.82) is 0 Å². The predicted octanol–water partition coefficient (Wildman–Crippen LogP) is 0.493. The zero-order chi connectivity index (χ0) is 21.6. The van der Waals surface area contributed by atoms with Gasteiger partial charge in [0.15, 0.2) is 0 Å². The number of amides is 3. The van der Waals surface area contributed by atoms with Crippen LogP contribution in [-0.2, 0) is 5.54 Å². The number of nitrogens with two attached hydrogens (primary N) is 3. The van der Waals surface area contributed by atoms with E-state index in [1.807, 2.05) is 0 Å². The van der Waals surface area contributed by atoms with Crippen molar-refractivity contribution in [2.24, 2.45) is 17.3 Å². The van der Waals surface area contributed by atoms with Crippen molar-refractivity contribution < 1.29 is 18.4 Å². The number of hydrazine groups is 1. The van der Waals surface area contributed by atoms with Crippen LogP contribution in [0.15, 0.2) is 30.6 Å². The molecule has 29 heavy (non-hydrogen) atoms. The number of anilines is 1. The third-order valence-electron chi connectivity index (χ3n) is 3.95. The van der Waals surface area contributed by atoms with Gasteiger partial charge in [-0.3, -0.25) is 10.6 Å². The molecule has 2 rings (SSSR count). The number of nitrogens with one attached hydrogen (secondary N) is 3. The lowest BCUT2D eigenvalue weighted by molar-refractivity contribution is 0.102. The van der Waals surface area contributed by atoms with E-state index in [-0.39, 0.29) is 23.4 Å². The van der Waals surface area contributed by atoms with E-state index in [0.29, 0.717) is 5.02 Å². The molecule has 3 amide bonds. The number of carbonyl (C=O) groups is 2. The van der Waals surface area contributed by atoms with E-state index in [2.05, 4.69) is 26.0 Å². The van der Waals surface area contributed by atoms with Crippen LogP contribution in [0.4, 0.5) is 19.3 Å². The van der Waals surface area contributed by atoms with Gasteiger partial charge >= 0.3 is 6.03 Å². The van der Waals surface area contributed by atoms with Crippen LogP contribution in [-0.4, -0.2) is 34.7 Å². The first-order valence-corrected chi connectivity index (χ1v) is 8.53. The lowest BCUT2D eigenvalue weighted by Crippen LogP contribution is -2.56. The van der Waals surface area contributed by atoms with Gasteiger partial charge in [0, 0.05) is 18.2 Å². The number of urea groups is 1. The van der Waals surface area contributed by atoms with Gasteiger partial charge in [-0.25, -0.2) is 24.6 Å². The molecule has 2 atom stereocenters. The van der Waals surface area contributed by atoms with E-state index in [1.165, 1.54) is 18.3 Å². The lowest BCUT2D eigenvalue weighted by Gasteiger charge is -2.34. The van der Waals surface area contributed by atoms with Crippen molar-refractivity contribution >= 4 is 29.2 Å². The quantitative estimate of drug-likeness (QED) is 0.153. The molecule has 13 heteroatoms. The Morgan fingerprint density at radius 2 is 2.00 bits per heavy atom. The first-order chi connectivity index (χ1) is 13.7. The summed E-state index contributed by atoms with van der Waals surface area (Å²) < 4.78 is 28.5. The molecule has 9 N–H and O–H groups in total. The minimum atomic E-state index is -1.98. The number of nitrogens with zero attached hydrogens (tertiary/aromatic N) is 2. The van der Waals surface area contributed by atoms with E-state index in [4.69, 9.17) is 28.9 Å². The summed E-state index contributed by atoms with van der Waals surface area (Å²) in [5, 5.41) is 4.94. The molecule has 0 radical (unpaired) electrons. The second-order valence-corrected chi connectivity index (χ2v) is 6.50. The van der Waals surface area contributed by atoms with Crippen LogP contribution in [0.1, 0.15) is 22.5 Å². The van der Waals surface area contributed by atoms with Crippen LogP contribution in [0.2, 0.25) is 5.02 Å². The predicted molar refractivity (Wildman–Crippen MR) is 102 cm³/mol. The number of rotatable bonds is 8. The summed E-state index contributed by atoms with van der Waals surface area (Å²) in [6.45, 7) is -1.28. The van der Waals surface area contributed by atoms with Crippen molar-refractivity contribution in [2.45, 2.75) is 18.1 Å². The molecular weight excluding hydrogens is 410 g/mol. The highest BCUT2D eigenvalue weighted by atomic mass is 35.5. The summed E-state index contributed by atoms with van der Waals surface area (Å²) in [6.07, 6.45) is 0.906. The van der Waals surface area contributed by atoms with E-state index in [0.717, 1.165) is 12.3 Å². The molecule has 0 fully saturated rings. The molecular formula is C16H19ClF2N8O2. The van der Waals surface area contributed by atoms with Crippen LogP contribution in [0.25, 0.3) is 0 Å². The fourth-order valence-electron chi connectivity index (χ4n) is 2.62. The molecule has 156 valence electrons. The van der Waals surface area contributed by atoms with Gasteiger partial charge in [-0.2, -0.15) is 4.39 Å². The fraction of sp³-hybridized carbons (Fsp3) is 0.250. The Bertz CT molecular complexity index is 886. The number of alkyl halides is 1. The van der Waals surface area contributed by atoms with Gasteiger partial charge < -0.3 is 22.1 Å². The Morgan fingerprint density at radius 3 is 2.55 bits per heavy atom. The lowest BCUT2D eigenvalue weighted by atomic mass is 9.87. The maximum Gasteiger partial charge on any atom is 0.312 e. The molecule has 0 aliphatic rings. The molecule has 0 aromatic carbocycles.